The smallest absolute Gasteiger partial charge is 0.117 e. The van der Waals surface area contributed by atoms with Gasteiger partial charge in [0.1, 0.15) is 6.67 Å². The Kier molecular flexibility index (Phi) is 4.54. The van der Waals surface area contributed by atoms with Gasteiger partial charge in [0.2, 0.25) is 0 Å². The Morgan fingerprint density at radius 1 is 1.33 bits per heavy atom. The van der Waals surface area contributed by atoms with Crippen LogP contribution in [0, 0.1) is 0 Å². The molecule has 3 heteroatoms. The second kappa shape index (κ2) is 5.49. The van der Waals surface area contributed by atoms with Gasteiger partial charge in [-0.3, -0.25) is 0 Å². The second-order valence-electron chi connectivity index (χ2n) is 3.55. The Hall–Kier alpha value is -0.150. The zero-order valence-corrected chi connectivity index (χ0v) is 7.43. The van der Waals surface area contributed by atoms with E-state index in [-0.39, 0.29) is 0 Å². The Morgan fingerprint density at radius 3 is 2.58 bits per heavy atom. The number of nitrogens with one attached hydrogen (secondary N) is 1. The third kappa shape index (κ3) is 3.50. The normalized spacial score (nSPS) is 22.5. The molecule has 2 nitrogen and oxygen atoms in total. The minimum absolute atomic E-state index is 0.404. The summed E-state index contributed by atoms with van der Waals surface area (Å²) in [4.78, 5) is 0. The molecule has 1 fully saturated rings. The molecule has 1 atom stereocenters. The highest BCUT2D eigenvalue weighted by molar-refractivity contribution is 4.73. The van der Waals surface area contributed by atoms with Gasteiger partial charge in [-0.05, 0) is 12.8 Å². The third-order valence-corrected chi connectivity index (χ3v) is 2.43. The van der Waals surface area contributed by atoms with Crippen molar-refractivity contribution in [3.63, 3.8) is 0 Å². The number of aliphatic hydroxyl groups is 1. The maximum atomic E-state index is 11.9. The van der Waals surface area contributed by atoms with E-state index in [0.717, 1.165) is 0 Å². The summed E-state index contributed by atoms with van der Waals surface area (Å²) in [6.45, 7) is -0.235. The summed E-state index contributed by atoms with van der Waals surface area (Å²) in [5, 5.41) is 12.1. The molecule has 1 aliphatic rings. The minimum Gasteiger partial charge on any atom is -0.389 e. The van der Waals surface area contributed by atoms with E-state index in [9.17, 15) is 4.39 Å². The first-order valence-corrected chi connectivity index (χ1v) is 4.80. The molecule has 0 heterocycles. The minimum atomic E-state index is -0.813. The molecule has 72 valence electrons. The fourth-order valence-corrected chi connectivity index (χ4v) is 1.66. The standard InChI is InChI=1S/C9H18FNO/c10-6-9(12)7-11-8-4-2-1-3-5-8/h8-9,11-12H,1-7H2. The lowest BCUT2D eigenvalue weighted by atomic mass is 9.95. The summed E-state index contributed by atoms with van der Waals surface area (Å²) in [6.07, 6.45) is 5.40. The lowest BCUT2D eigenvalue weighted by Gasteiger charge is -2.23. The van der Waals surface area contributed by atoms with Gasteiger partial charge in [0.15, 0.2) is 0 Å². The largest absolute Gasteiger partial charge is 0.389 e. The first-order valence-electron chi connectivity index (χ1n) is 4.80. The van der Waals surface area contributed by atoms with E-state index in [1.165, 1.54) is 32.1 Å². The molecule has 0 aromatic heterocycles. The monoisotopic (exact) mass is 175 g/mol. The average Bonchev–Trinajstić information content (AvgIpc) is 2.16. The Labute approximate surface area is 73.2 Å². The number of hydrogen-bond acceptors (Lipinski definition) is 2. The van der Waals surface area contributed by atoms with Gasteiger partial charge in [0.05, 0.1) is 6.10 Å². The van der Waals surface area contributed by atoms with Crippen LogP contribution in [-0.2, 0) is 0 Å². The first-order chi connectivity index (χ1) is 5.83. The van der Waals surface area contributed by atoms with Crippen molar-refractivity contribution in [2.24, 2.45) is 0 Å². The van der Waals surface area contributed by atoms with Gasteiger partial charge < -0.3 is 10.4 Å². The van der Waals surface area contributed by atoms with Crippen LogP contribution in [0.2, 0.25) is 0 Å². The van der Waals surface area contributed by atoms with Crippen LogP contribution in [0.4, 0.5) is 4.39 Å². The van der Waals surface area contributed by atoms with Crippen molar-refractivity contribution in [2.75, 3.05) is 13.2 Å². The summed E-state index contributed by atoms with van der Waals surface area (Å²) in [7, 11) is 0. The van der Waals surface area contributed by atoms with Crippen LogP contribution in [-0.4, -0.2) is 30.5 Å². The molecule has 0 aromatic rings. The zero-order chi connectivity index (χ0) is 8.81. The lowest BCUT2D eigenvalue weighted by molar-refractivity contribution is 0.131. The maximum absolute atomic E-state index is 11.9. The molecule has 1 saturated carbocycles. The van der Waals surface area contributed by atoms with E-state index in [1.54, 1.807) is 0 Å². The van der Waals surface area contributed by atoms with Crippen molar-refractivity contribution in [3.8, 4) is 0 Å². The molecule has 1 unspecified atom stereocenters. The molecule has 0 saturated heterocycles. The fraction of sp³-hybridized carbons (Fsp3) is 1.00. The number of alkyl halides is 1. The second-order valence-corrected chi connectivity index (χ2v) is 3.55. The molecule has 1 rings (SSSR count). The van der Waals surface area contributed by atoms with Crippen molar-refractivity contribution in [1.82, 2.24) is 5.32 Å². The van der Waals surface area contributed by atoms with Crippen LogP contribution < -0.4 is 5.32 Å². The molecule has 0 radical (unpaired) electrons. The molecular formula is C9H18FNO. The van der Waals surface area contributed by atoms with Crippen molar-refractivity contribution in [2.45, 2.75) is 44.2 Å². The van der Waals surface area contributed by atoms with Gasteiger partial charge in [-0.15, -0.1) is 0 Å². The number of aliphatic hydroxyl groups excluding tert-OH is 1. The van der Waals surface area contributed by atoms with Gasteiger partial charge in [-0.25, -0.2) is 4.39 Å². The highest BCUT2D eigenvalue weighted by Gasteiger charge is 2.13. The number of halogens is 1. The topological polar surface area (TPSA) is 32.3 Å². The van der Waals surface area contributed by atoms with Crippen molar-refractivity contribution in [3.05, 3.63) is 0 Å². The predicted octanol–water partition coefficient (Wildman–Crippen LogP) is 1.24. The van der Waals surface area contributed by atoms with Crippen LogP contribution in [0.3, 0.4) is 0 Å². The molecule has 1 aliphatic carbocycles. The quantitative estimate of drug-likeness (QED) is 0.673. The summed E-state index contributed by atoms with van der Waals surface area (Å²) in [5.41, 5.74) is 0. The summed E-state index contributed by atoms with van der Waals surface area (Å²) in [5.74, 6) is 0. The molecule has 0 spiro atoms. The van der Waals surface area contributed by atoms with Crippen molar-refractivity contribution < 1.29 is 9.50 Å². The lowest BCUT2D eigenvalue weighted by Crippen LogP contribution is -2.37. The predicted molar refractivity (Wildman–Crippen MR) is 46.9 cm³/mol. The van der Waals surface area contributed by atoms with Crippen LogP contribution in [0.25, 0.3) is 0 Å². The highest BCUT2D eigenvalue weighted by atomic mass is 19.1. The molecule has 0 aromatic carbocycles. The van der Waals surface area contributed by atoms with Crippen molar-refractivity contribution in [1.29, 1.82) is 0 Å². The summed E-state index contributed by atoms with van der Waals surface area (Å²) >= 11 is 0. The molecule has 12 heavy (non-hydrogen) atoms. The summed E-state index contributed by atoms with van der Waals surface area (Å²) < 4.78 is 11.9. The van der Waals surface area contributed by atoms with E-state index >= 15 is 0 Å². The van der Waals surface area contributed by atoms with E-state index in [0.29, 0.717) is 12.6 Å². The van der Waals surface area contributed by atoms with Gasteiger partial charge in [0.25, 0.3) is 0 Å². The maximum Gasteiger partial charge on any atom is 0.117 e. The van der Waals surface area contributed by atoms with Gasteiger partial charge in [-0.2, -0.15) is 0 Å². The molecule has 0 amide bonds. The van der Waals surface area contributed by atoms with Gasteiger partial charge in [-0.1, -0.05) is 19.3 Å². The van der Waals surface area contributed by atoms with E-state index in [2.05, 4.69) is 5.32 Å². The first kappa shape index (κ1) is 9.93. The highest BCUT2D eigenvalue weighted by Crippen LogP contribution is 2.17. The van der Waals surface area contributed by atoms with Crippen LogP contribution in [0.1, 0.15) is 32.1 Å². The molecular weight excluding hydrogens is 157 g/mol. The Bertz CT molecular complexity index is 115. The molecule has 0 bridgehead atoms. The van der Waals surface area contributed by atoms with Crippen LogP contribution >= 0.6 is 0 Å². The fourth-order valence-electron chi connectivity index (χ4n) is 1.66. The summed E-state index contributed by atoms with van der Waals surface area (Å²) in [6, 6.07) is 0.514. The van der Waals surface area contributed by atoms with Crippen LogP contribution in [0.15, 0.2) is 0 Å². The zero-order valence-electron chi connectivity index (χ0n) is 7.43. The van der Waals surface area contributed by atoms with Gasteiger partial charge >= 0.3 is 0 Å². The average molecular weight is 175 g/mol. The molecule has 0 aliphatic heterocycles. The number of rotatable bonds is 4. The third-order valence-electron chi connectivity index (χ3n) is 2.43. The van der Waals surface area contributed by atoms with Crippen LogP contribution in [0.5, 0.6) is 0 Å². The van der Waals surface area contributed by atoms with Gasteiger partial charge in [0, 0.05) is 12.6 Å². The van der Waals surface area contributed by atoms with Crippen molar-refractivity contribution >= 4 is 0 Å². The van der Waals surface area contributed by atoms with E-state index in [4.69, 9.17) is 5.11 Å². The SMILES string of the molecule is OC(CF)CNC1CCCCC1. The van der Waals surface area contributed by atoms with E-state index in [1.807, 2.05) is 0 Å². The Morgan fingerprint density at radius 2 is 2.00 bits per heavy atom. The Balaban J connectivity index is 2.05. The van der Waals surface area contributed by atoms with E-state index < -0.39 is 12.8 Å². The number of hydrogen-bond donors (Lipinski definition) is 2. The molecule has 2 N–H and O–H groups in total.